The number of methoxy groups -OCH3 is 1. The number of amides is 1. The molecule has 26 heavy (non-hydrogen) atoms. The van der Waals surface area contributed by atoms with Crippen LogP contribution >= 0.6 is 0 Å². The molecule has 0 unspecified atom stereocenters. The van der Waals surface area contributed by atoms with Gasteiger partial charge in [-0.15, -0.1) is 0 Å². The normalized spacial score (nSPS) is 10.6. The highest BCUT2D eigenvalue weighted by Crippen LogP contribution is 2.30. The van der Waals surface area contributed by atoms with E-state index in [1.807, 2.05) is 12.1 Å². The molecule has 1 aromatic heterocycles. The van der Waals surface area contributed by atoms with Gasteiger partial charge in [-0.1, -0.05) is 19.9 Å². The third-order valence-electron chi connectivity index (χ3n) is 4.09. The highest BCUT2D eigenvalue weighted by atomic mass is 16.5. The van der Waals surface area contributed by atoms with Crippen LogP contribution in [0, 0.1) is 0 Å². The molecule has 1 N–H and O–H groups in total. The largest absolute Gasteiger partial charge is 0.493 e. The van der Waals surface area contributed by atoms with Gasteiger partial charge in [0, 0.05) is 30.7 Å². The van der Waals surface area contributed by atoms with Crippen LogP contribution in [0.2, 0.25) is 0 Å². The number of benzene rings is 1. The van der Waals surface area contributed by atoms with Crippen molar-refractivity contribution in [2.75, 3.05) is 38.7 Å². The number of carbonyl (C=O) groups is 1. The van der Waals surface area contributed by atoms with Crippen LogP contribution in [0.4, 0.5) is 5.69 Å². The average Bonchev–Trinajstić information content (AvgIpc) is 2.66. The number of aromatic nitrogens is 1. The van der Waals surface area contributed by atoms with Crippen molar-refractivity contribution in [3.63, 3.8) is 0 Å². The average molecular weight is 357 g/mol. The van der Waals surface area contributed by atoms with Crippen molar-refractivity contribution in [3.05, 3.63) is 48.3 Å². The van der Waals surface area contributed by atoms with E-state index in [1.165, 1.54) is 0 Å². The number of rotatable bonds is 10. The first-order valence-corrected chi connectivity index (χ1v) is 8.88. The third-order valence-corrected chi connectivity index (χ3v) is 4.09. The van der Waals surface area contributed by atoms with E-state index in [0.29, 0.717) is 23.8 Å². The molecule has 0 fully saturated rings. The van der Waals surface area contributed by atoms with Gasteiger partial charge < -0.3 is 19.7 Å². The topological polar surface area (TPSA) is 63.7 Å². The van der Waals surface area contributed by atoms with Crippen LogP contribution in [0.25, 0.3) is 0 Å². The molecule has 0 saturated carbocycles. The molecule has 1 heterocycles. The van der Waals surface area contributed by atoms with Gasteiger partial charge in [0.2, 0.25) is 5.91 Å². The Hall–Kier alpha value is -2.60. The fourth-order valence-corrected chi connectivity index (χ4v) is 2.59. The molecule has 6 nitrogen and oxygen atoms in total. The Balaban J connectivity index is 1.97. The summed E-state index contributed by atoms with van der Waals surface area (Å²) in [5.74, 6) is 1.17. The molecule has 0 bridgehead atoms. The van der Waals surface area contributed by atoms with E-state index in [1.54, 1.807) is 37.7 Å². The number of anilines is 1. The zero-order valence-corrected chi connectivity index (χ0v) is 15.7. The minimum absolute atomic E-state index is 0.0998. The fraction of sp³-hybridized carbons (Fsp3) is 0.400. The first kappa shape index (κ1) is 19.7. The number of ether oxygens (including phenoxy) is 2. The second kappa shape index (κ2) is 10.4. The van der Waals surface area contributed by atoms with Gasteiger partial charge in [0.25, 0.3) is 0 Å². The van der Waals surface area contributed by atoms with E-state index in [4.69, 9.17) is 9.47 Å². The van der Waals surface area contributed by atoms with E-state index < -0.39 is 0 Å². The van der Waals surface area contributed by atoms with Crippen LogP contribution in [0.3, 0.4) is 0 Å². The first-order valence-electron chi connectivity index (χ1n) is 8.88. The van der Waals surface area contributed by atoms with Crippen molar-refractivity contribution in [2.45, 2.75) is 20.3 Å². The lowest BCUT2D eigenvalue weighted by Gasteiger charge is -2.19. The maximum Gasteiger partial charge on any atom is 0.228 e. The minimum atomic E-state index is -0.0998. The summed E-state index contributed by atoms with van der Waals surface area (Å²) in [6.07, 6.45) is 3.65. The molecular formula is C20H27N3O3. The smallest absolute Gasteiger partial charge is 0.228 e. The van der Waals surface area contributed by atoms with E-state index in [2.05, 4.69) is 29.0 Å². The van der Waals surface area contributed by atoms with E-state index >= 15 is 0 Å². The highest BCUT2D eigenvalue weighted by molar-refractivity contribution is 5.92. The molecule has 2 rings (SSSR count). The summed E-state index contributed by atoms with van der Waals surface area (Å²) in [5, 5.41) is 2.89. The summed E-state index contributed by atoms with van der Waals surface area (Å²) in [4.78, 5) is 18.5. The summed E-state index contributed by atoms with van der Waals surface area (Å²) >= 11 is 0. The number of pyridine rings is 1. The molecule has 0 aliphatic rings. The summed E-state index contributed by atoms with van der Waals surface area (Å²) in [6, 6.07) is 9.09. The maximum absolute atomic E-state index is 12.2. The molecule has 0 spiro atoms. The fourth-order valence-electron chi connectivity index (χ4n) is 2.59. The van der Waals surface area contributed by atoms with Crippen LogP contribution < -0.4 is 14.8 Å². The zero-order chi connectivity index (χ0) is 18.8. The Morgan fingerprint density at radius 1 is 1.19 bits per heavy atom. The van der Waals surface area contributed by atoms with Gasteiger partial charge in [0.15, 0.2) is 11.5 Å². The van der Waals surface area contributed by atoms with E-state index in [-0.39, 0.29) is 12.3 Å². The predicted octanol–water partition coefficient (Wildman–Crippen LogP) is 2.99. The Morgan fingerprint density at radius 3 is 2.65 bits per heavy atom. The number of nitrogens with one attached hydrogen (secondary N) is 1. The van der Waals surface area contributed by atoms with Gasteiger partial charge in [0.05, 0.1) is 13.5 Å². The van der Waals surface area contributed by atoms with Gasteiger partial charge in [-0.2, -0.15) is 0 Å². The minimum Gasteiger partial charge on any atom is -0.493 e. The van der Waals surface area contributed by atoms with Crippen LogP contribution in [0.15, 0.2) is 42.7 Å². The Bertz CT molecular complexity index is 688. The molecule has 0 saturated heterocycles. The molecule has 1 aromatic carbocycles. The Kier molecular flexibility index (Phi) is 7.89. The highest BCUT2D eigenvalue weighted by Gasteiger charge is 2.10. The van der Waals surface area contributed by atoms with E-state index in [0.717, 1.165) is 25.2 Å². The quantitative estimate of drug-likeness (QED) is 0.708. The summed E-state index contributed by atoms with van der Waals surface area (Å²) in [5.41, 5.74) is 1.55. The lowest BCUT2D eigenvalue weighted by atomic mass is 10.2. The molecule has 0 aliphatic heterocycles. The standard InChI is InChI=1S/C20H27N3O3/c1-4-23(5-2)11-12-26-19-14-17(8-9-18(19)25-3)22-20(24)13-16-7-6-10-21-15-16/h6-10,14-15H,4-5,11-13H2,1-3H3,(H,22,24). The molecule has 6 heteroatoms. The second-order valence-corrected chi connectivity index (χ2v) is 5.83. The number of nitrogens with zero attached hydrogens (tertiary/aromatic N) is 2. The molecule has 0 atom stereocenters. The Labute approximate surface area is 155 Å². The number of hydrogen-bond donors (Lipinski definition) is 1. The lowest BCUT2D eigenvalue weighted by Crippen LogP contribution is -2.28. The van der Waals surface area contributed by atoms with Crippen molar-refractivity contribution in [3.8, 4) is 11.5 Å². The monoisotopic (exact) mass is 357 g/mol. The molecule has 1 amide bonds. The third kappa shape index (κ3) is 6.04. The Morgan fingerprint density at radius 2 is 2.00 bits per heavy atom. The molecular weight excluding hydrogens is 330 g/mol. The van der Waals surface area contributed by atoms with Gasteiger partial charge in [0.1, 0.15) is 6.61 Å². The van der Waals surface area contributed by atoms with Crippen molar-refractivity contribution < 1.29 is 14.3 Å². The summed E-state index contributed by atoms with van der Waals surface area (Å²) in [7, 11) is 1.60. The number of carbonyl (C=O) groups excluding carboxylic acids is 1. The first-order chi connectivity index (χ1) is 12.7. The van der Waals surface area contributed by atoms with Gasteiger partial charge in [-0.3, -0.25) is 9.78 Å². The zero-order valence-electron chi connectivity index (χ0n) is 15.7. The van der Waals surface area contributed by atoms with Crippen molar-refractivity contribution in [1.29, 1.82) is 0 Å². The van der Waals surface area contributed by atoms with Crippen molar-refractivity contribution in [1.82, 2.24) is 9.88 Å². The molecule has 140 valence electrons. The van der Waals surface area contributed by atoms with Crippen LogP contribution in [-0.4, -0.2) is 49.1 Å². The predicted molar refractivity (Wildman–Crippen MR) is 103 cm³/mol. The van der Waals surface area contributed by atoms with Crippen LogP contribution in [0.1, 0.15) is 19.4 Å². The number of hydrogen-bond acceptors (Lipinski definition) is 5. The van der Waals surface area contributed by atoms with Crippen LogP contribution in [-0.2, 0) is 11.2 Å². The second-order valence-electron chi connectivity index (χ2n) is 5.83. The molecule has 0 aliphatic carbocycles. The van der Waals surface area contributed by atoms with Gasteiger partial charge in [-0.05, 0) is 36.9 Å². The lowest BCUT2D eigenvalue weighted by molar-refractivity contribution is -0.115. The van der Waals surface area contributed by atoms with Gasteiger partial charge >= 0.3 is 0 Å². The van der Waals surface area contributed by atoms with Crippen LogP contribution in [0.5, 0.6) is 11.5 Å². The van der Waals surface area contributed by atoms with Crippen molar-refractivity contribution >= 4 is 11.6 Å². The SMILES string of the molecule is CCN(CC)CCOc1cc(NC(=O)Cc2cccnc2)ccc1OC. The van der Waals surface area contributed by atoms with Crippen molar-refractivity contribution in [2.24, 2.45) is 0 Å². The summed E-state index contributed by atoms with van der Waals surface area (Å²) < 4.78 is 11.2. The van der Waals surface area contributed by atoms with E-state index in [9.17, 15) is 4.79 Å². The molecule has 2 aromatic rings. The van der Waals surface area contributed by atoms with Gasteiger partial charge in [-0.25, -0.2) is 0 Å². The molecule has 0 radical (unpaired) electrons. The summed E-state index contributed by atoms with van der Waals surface area (Å²) in [6.45, 7) is 7.63. The maximum atomic E-state index is 12.2. The number of likely N-dealkylation sites (N-methyl/N-ethyl adjacent to an activating group) is 1.